The number of pyridine rings is 1. The van der Waals surface area contributed by atoms with Crippen molar-refractivity contribution in [3.8, 4) is 0 Å². The van der Waals surface area contributed by atoms with E-state index in [0.717, 1.165) is 47.1 Å². The van der Waals surface area contributed by atoms with E-state index >= 15 is 0 Å². The maximum atomic E-state index is 14.3. The standard InChI is InChI=1S/C27H27F2N5O2/c1-26(2,35)19-7-8-24(30-17-19)33-11-13-34(14-12-33)25-21-6-4-3-5-20(21)23(31-32-25)15-18-9-10-27(29,36)16-22(18)28/h3-10,15-17,35-36H,11-14H2,1-2H3/b18-15+. The van der Waals surface area contributed by atoms with Crippen LogP contribution in [-0.4, -0.2) is 57.4 Å². The molecule has 186 valence electrons. The van der Waals surface area contributed by atoms with Gasteiger partial charge < -0.3 is 20.0 Å². The predicted octanol–water partition coefficient (Wildman–Crippen LogP) is 4.04. The largest absolute Gasteiger partial charge is 0.386 e. The molecule has 0 saturated carbocycles. The Balaban J connectivity index is 1.37. The van der Waals surface area contributed by atoms with Crippen molar-refractivity contribution in [2.45, 2.75) is 25.3 Å². The fraction of sp³-hybridized carbons (Fsp3) is 0.296. The zero-order chi connectivity index (χ0) is 25.5. The second kappa shape index (κ2) is 9.07. The van der Waals surface area contributed by atoms with E-state index in [1.165, 1.54) is 12.2 Å². The van der Waals surface area contributed by atoms with Crippen LogP contribution in [0.5, 0.6) is 0 Å². The molecular formula is C27H27F2N5O2. The summed E-state index contributed by atoms with van der Waals surface area (Å²) >= 11 is 0. The van der Waals surface area contributed by atoms with Gasteiger partial charge in [-0.2, -0.15) is 0 Å². The lowest BCUT2D eigenvalue weighted by Gasteiger charge is -2.36. The van der Waals surface area contributed by atoms with Crippen LogP contribution in [0.15, 0.2) is 72.2 Å². The summed E-state index contributed by atoms with van der Waals surface area (Å²) in [4.78, 5) is 8.89. The summed E-state index contributed by atoms with van der Waals surface area (Å²) in [6.45, 7) is 6.37. The Morgan fingerprint density at radius 2 is 1.69 bits per heavy atom. The molecule has 3 heterocycles. The molecule has 0 amide bonds. The minimum atomic E-state index is -2.80. The number of allylic oxidation sites excluding steroid dienone is 3. The summed E-state index contributed by atoms with van der Waals surface area (Å²) in [6, 6.07) is 11.5. The van der Waals surface area contributed by atoms with Crippen LogP contribution in [-0.2, 0) is 5.60 Å². The van der Waals surface area contributed by atoms with Crippen molar-refractivity contribution in [1.29, 1.82) is 0 Å². The number of alkyl halides is 1. The van der Waals surface area contributed by atoms with E-state index in [1.54, 1.807) is 20.0 Å². The van der Waals surface area contributed by atoms with E-state index < -0.39 is 17.3 Å². The second-order valence-electron chi connectivity index (χ2n) is 9.55. The molecule has 2 aliphatic rings. The van der Waals surface area contributed by atoms with Crippen LogP contribution in [0.3, 0.4) is 0 Å². The predicted molar refractivity (Wildman–Crippen MR) is 136 cm³/mol. The molecule has 0 bridgehead atoms. The SMILES string of the molecule is CC(C)(O)c1ccc(N2CCN(c3nnc(/C=C4\C=CC(O)(F)C=C4F)c4ccccc34)CC2)nc1. The van der Waals surface area contributed by atoms with Crippen LogP contribution in [0.1, 0.15) is 25.1 Å². The van der Waals surface area contributed by atoms with E-state index in [-0.39, 0.29) is 5.57 Å². The molecule has 1 atom stereocenters. The van der Waals surface area contributed by atoms with Gasteiger partial charge in [-0.25, -0.2) is 13.8 Å². The molecule has 7 nitrogen and oxygen atoms in total. The first-order chi connectivity index (χ1) is 17.1. The summed E-state index contributed by atoms with van der Waals surface area (Å²) in [7, 11) is 0. The number of halogens is 2. The number of rotatable bonds is 4. The van der Waals surface area contributed by atoms with Crippen molar-refractivity contribution in [3.05, 3.63) is 83.5 Å². The Labute approximate surface area is 207 Å². The number of fused-ring (bicyclic) bond motifs is 1. The van der Waals surface area contributed by atoms with Gasteiger partial charge in [0.2, 0.25) is 5.85 Å². The Morgan fingerprint density at radius 3 is 2.33 bits per heavy atom. The quantitative estimate of drug-likeness (QED) is 0.570. The first-order valence-electron chi connectivity index (χ1n) is 11.8. The van der Waals surface area contributed by atoms with Crippen LogP contribution in [0.2, 0.25) is 0 Å². The highest BCUT2D eigenvalue weighted by molar-refractivity contribution is 5.97. The minimum Gasteiger partial charge on any atom is -0.386 e. The lowest BCUT2D eigenvalue weighted by Crippen LogP contribution is -2.47. The average molecular weight is 492 g/mol. The van der Waals surface area contributed by atoms with Gasteiger partial charge in [-0.05, 0) is 32.1 Å². The van der Waals surface area contributed by atoms with Crippen LogP contribution >= 0.6 is 0 Å². The molecule has 0 spiro atoms. The van der Waals surface area contributed by atoms with Crippen molar-refractivity contribution in [3.63, 3.8) is 0 Å². The normalized spacial score (nSPS) is 21.8. The molecule has 1 aliphatic carbocycles. The van der Waals surface area contributed by atoms with Gasteiger partial charge in [0.05, 0.1) is 11.3 Å². The fourth-order valence-corrected chi connectivity index (χ4v) is 4.39. The minimum absolute atomic E-state index is 0.112. The van der Waals surface area contributed by atoms with Crippen LogP contribution in [0.4, 0.5) is 20.4 Å². The molecule has 2 aromatic heterocycles. The highest BCUT2D eigenvalue weighted by Gasteiger charge is 2.26. The molecule has 2 N–H and O–H groups in total. The summed E-state index contributed by atoms with van der Waals surface area (Å²) in [5.74, 6) is -2.06. The van der Waals surface area contributed by atoms with Crippen molar-refractivity contribution >= 4 is 28.5 Å². The summed E-state index contributed by atoms with van der Waals surface area (Å²) < 4.78 is 27.9. The van der Waals surface area contributed by atoms with E-state index in [2.05, 4.69) is 25.0 Å². The molecule has 1 aromatic carbocycles. The summed E-state index contributed by atoms with van der Waals surface area (Å²) in [5.41, 5.74) is 0.400. The number of hydrogen-bond donors (Lipinski definition) is 2. The average Bonchev–Trinajstić information content (AvgIpc) is 2.85. The first-order valence-corrected chi connectivity index (χ1v) is 11.8. The lowest BCUT2D eigenvalue weighted by molar-refractivity contribution is 0.00408. The van der Waals surface area contributed by atoms with E-state index in [4.69, 9.17) is 0 Å². The topological polar surface area (TPSA) is 85.6 Å². The number of piperazine rings is 1. The maximum Gasteiger partial charge on any atom is 0.248 e. The smallest absolute Gasteiger partial charge is 0.248 e. The third-order valence-corrected chi connectivity index (χ3v) is 6.45. The van der Waals surface area contributed by atoms with Crippen molar-refractivity contribution < 1.29 is 19.0 Å². The van der Waals surface area contributed by atoms with Gasteiger partial charge in [-0.3, -0.25) is 0 Å². The summed E-state index contributed by atoms with van der Waals surface area (Å²) in [6.07, 6.45) is 5.81. The Hall–Kier alpha value is -3.69. The zero-order valence-corrected chi connectivity index (χ0v) is 20.1. The molecule has 36 heavy (non-hydrogen) atoms. The Kier molecular flexibility index (Phi) is 6.05. The lowest BCUT2D eigenvalue weighted by atomic mass is 10.0. The molecular weight excluding hydrogens is 464 g/mol. The molecule has 1 fully saturated rings. The molecule has 1 unspecified atom stereocenters. The number of aliphatic hydroxyl groups is 2. The van der Waals surface area contributed by atoms with Crippen LogP contribution in [0, 0.1) is 0 Å². The van der Waals surface area contributed by atoms with Gasteiger partial charge in [-0.15, -0.1) is 10.2 Å². The van der Waals surface area contributed by atoms with Gasteiger partial charge in [0.15, 0.2) is 5.82 Å². The van der Waals surface area contributed by atoms with Crippen molar-refractivity contribution in [1.82, 2.24) is 15.2 Å². The third-order valence-electron chi connectivity index (χ3n) is 6.45. The number of anilines is 2. The highest BCUT2D eigenvalue weighted by Crippen LogP contribution is 2.32. The molecule has 5 rings (SSSR count). The fourth-order valence-electron chi connectivity index (χ4n) is 4.39. The van der Waals surface area contributed by atoms with Gasteiger partial charge in [0.1, 0.15) is 11.6 Å². The molecule has 0 radical (unpaired) electrons. The van der Waals surface area contributed by atoms with Crippen molar-refractivity contribution in [2.24, 2.45) is 0 Å². The second-order valence-corrected chi connectivity index (χ2v) is 9.55. The number of benzene rings is 1. The molecule has 9 heteroatoms. The molecule has 1 saturated heterocycles. The van der Waals surface area contributed by atoms with E-state index in [1.807, 2.05) is 36.4 Å². The van der Waals surface area contributed by atoms with Gasteiger partial charge in [0, 0.05) is 60.4 Å². The van der Waals surface area contributed by atoms with E-state index in [0.29, 0.717) is 24.9 Å². The first kappa shape index (κ1) is 24.0. The summed E-state index contributed by atoms with van der Waals surface area (Å²) in [5, 5.41) is 30.0. The van der Waals surface area contributed by atoms with Gasteiger partial charge >= 0.3 is 0 Å². The zero-order valence-electron chi connectivity index (χ0n) is 20.1. The monoisotopic (exact) mass is 491 g/mol. The number of hydrogen-bond acceptors (Lipinski definition) is 7. The highest BCUT2D eigenvalue weighted by atomic mass is 19.2. The number of nitrogens with zero attached hydrogens (tertiary/aromatic N) is 5. The van der Waals surface area contributed by atoms with Gasteiger partial charge in [-0.1, -0.05) is 36.4 Å². The van der Waals surface area contributed by atoms with Crippen LogP contribution in [0.25, 0.3) is 16.8 Å². The van der Waals surface area contributed by atoms with Gasteiger partial charge in [0.25, 0.3) is 0 Å². The van der Waals surface area contributed by atoms with Crippen LogP contribution < -0.4 is 9.80 Å². The van der Waals surface area contributed by atoms with Crippen molar-refractivity contribution in [2.75, 3.05) is 36.0 Å². The maximum absolute atomic E-state index is 14.3. The Bertz CT molecular complexity index is 1370. The molecule has 1 aliphatic heterocycles. The molecule has 3 aromatic rings. The number of aromatic nitrogens is 3. The Morgan fingerprint density at radius 1 is 1.00 bits per heavy atom. The third kappa shape index (κ3) is 4.84. The van der Waals surface area contributed by atoms with E-state index in [9.17, 15) is 19.0 Å².